The normalized spacial score (nSPS) is 17.4. The maximum atomic E-state index is 11.9. The van der Waals surface area contributed by atoms with Crippen LogP contribution < -0.4 is 5.32 Å². The fraction of sp³-hybridized carbons (Fsp3) is 0.0714. The Balaban J connectivity index is 1.89. The SMILES string of the molecule is O=C1Nc2ccccc2[C@H]1Sc1ccc(Cl)cc1. The van der Waals surface area contributed by atoms with Gasteiger partial charge in [-0.2, -0.15) is 0 Å². The summed E-state index contributed by atoms with van der Waals surface area (Å²) in [6.07, 6.45) is 0. The molecule has 1 heterocycles. The van der Waals surface area contributed by atoms with Gasteiger partial charge in [-0.15, -0.1) is 11.8 Å². The van der Waals surface area contributed by atoms with Crippen molar-refractivity contribution in [3.8, 4) is 0 Å². The minimum Gasteiger partial charge on any atom is -0.325 e. The van der Waals surface area contributed by atoms with E-state index in [-0.39, 0.29) is 11.2 Å². The first-order chi connectivity index (χ1) is 8.74. The predicted octanol–water partition coefficient (Wildman–Crippen LogP) is 4.13. The van der Waals surface area contributed by atoms with E-state index in [0.29, 0.717) is 5.02 Å². The van der Waals surface area contributed by atoms with Gasteiger partial charge in [-0.1, -0.05) is 29.8 Å². The van der Waals surface area contributed by atoms with Crippen LogP contribution in [0.25, 0.3) is 0 Å². The number of benzene rings is 2. The molecule has 4 heteroatoms. The van der Waals surface area contributed by atoms with Crippen LogP contribution in [-0.4, -0.2) is 5.91 Å². The summed E-state index contributed by atoms with van der Waals surface area (Å²) < 4.78 is 0. The van der Waals surface area contributed by atoms with Crippen molar-refractivity contribution >= 4 is 35.0 Å². The molecule has 1 amide bonds. The molecule has 0 radical (unpaired) electrons. The van der Waals surface area contributed by atoms with Crippen molar-refractivity contribution in [2.45, 2.75) is 10.1 Å². The lowest BCUT2D eigenvalue weighted by molar-refractivity contribution is -0.115. The number of thioether (sulfide) groups is 1. The highest BCUT2D eigenvalue weighted by Crippen LogP contribution is 2.43. The highest BCUT2D eigenvalue weighted by molar-refractivity contribution is 8.00. The number of halogens is 1. The Kier molecular flexibility index (Phi) is 3.02. The Bertz CT molecular complexity index is 597. The van der Waals surface area contributed by atoms with Crippen LogP contribution in [0.15, 0.2) is 53.4 Å². The van der Waals surface area contributed by atoms with Gasteiger partial charge in [-0.3, -0.25) is 4.79 Å². The number of rotatable bonds is 2. The number of amides is 1. The first-order valence-electron chi connectivity index (χ1n) is 5.56. The minimum absolute atomic E-state index is 0.0381. The Hall–Kier alpha value is -1.45. The van der Waals surface area contributed by atoms with Gasteiger partial charge in [0.05, 0.1) is 0 Å². The van der Waals surface area contributed by atoms with Gasteiger partial charge in [0.25, 0.3) is 0 Å². The van der Waals surface area contributed by atoms with E-state index in [1.807, 2.05) is 48.5 Å². The average molecular weight is 276 g/mol. The average Bonchev–Trinajstić information content (AvgIpc) is 2.69. The summed E-state index contributed by atoms with van der Waals surface area (Å²) in [5.74, 6) is 0.0381. The maximum absolute atomic E-state index is 11.9. The van der Waals surface area contributed by atoms with Crippen molar-refractivity contribution in [1.82, 2.24) is 0 Å². The summed E-state index contributed by atoms with van der Waals surface area (Å²) in [6, 6.07) is 15.3. The zero-order chi connectivity index (χ0) is 12.5. The Morgan fingerprint density at radius 1 is 1.06 bits per heavy atom. The fourth-order valence-corrected chi connectivity index (χ4v) is 3.14. The molecule has 0 aromatic heterocycles. The largest absolute Gasteiger partial charge is 0.325 e. The zero-order valence-corrected chi connectivity index (χ0v) is 11.0. The Labute approximate surface area is 114 Å². The van der Waals surface area contributed by atoms with Crippen LogP contribution in [0.4, 0.5) is 5.69 Å². The number of carbonyl (C=O) groups is 1. The molecule has 18 heavy (non-hydrogen) atoms. The minimum atomic E-state index is -0.178. The molecule has 0 aliphatic carbocycles. The molecule has 1 aliphatic rings. The second-order valence-corrected chi connectivity index (χ2v) is 5.64. The van der Waals surface area contributed by atoms with Crippen LogP contribution >= 0.6 is 23.4 Å². The standard InChI is InChI=1S/C14H10ClNOS/c15-9-5-7-10(8-6-9)18-13-11-3-1-2-4-12(11)16-14(13)17/h1-8,13H,(H,16,17)/t13-/m1/s1. The second kappa shape index (κ2) is 4.67. The molecule has 0 saturated heterocycles. The van der Waals surface area contributed by atoms with Gasteiger partial charge in [0.1, 0.15) is 5.25 Å². The van der Waals surface area contributed by atoms with E-state index in [4.69, 9.17) is 11.6 Å². The molecule has 3 rings (SSSR count). The summed E-state index contributed by atoms with van der Waals surface area (Å²) in [5.41, 5.74) is 1.96. The number of para-hydroxylation sites is 1. The number of anilines is 1. The summed E-state index contributed by atoms with van der Waals surface area (Å²) in [6.45, 7) is 0. The first-order valence-corrected chi connectivity index (χ1v) is 6.82. The molecule has 1 aliphatic heterocycles. The maximum Gasteiger partial charge on any atom is 0.242 e. The highest BCUT2D eigenvalue weighted by Gasteiger charge is 2.30. The monoisotopic (exact) mass is 275 g/mol. The van der Waals surface area contributed by atoms with Crippen molar-refractivity contribution in [2.24, 2.45) is 0 Å². The third kappa shape index (κ3) is 2.11. The molecule has 2 aromatic rings. The van der Waals surface area contributed by atoms with Gasteiger partial charge < -0.3 is 5.32 Å². The van der Waals surface area contributed by atoms with Crippen molar-refractivity contribution in [3.05, 3.63) is 59.1 Å². The Morgan fingerprint density at radius 2 is 1.78 bits per heavy atom. The third-order valence-corrected chi connectivity index (χ3v) is 4.31. The van der Waals surface area contributed by atoms with Crippen LogP contribution in [0.2, 0.25) is 5.02 Å². The number of hydrogen-bond donors (Lipinski definition) is 1. The molecule has 0 spiro atoms. The van der Waals surface area contributed by atoms with Gasteiger partial charge in [-0.05, 0) is 35.9 Å². The summed E-state index contributed by atoms with van der Waals surface area (Å²) in [5, 5.41) is 3.42. The molecule has 1 atom stereocenters. The van der Waals surface area contributed by atoms with Crippen molar-refractivity contribution in [2.75, 3.05) is 5.32 Å². The molecule has 90 valence electrons. The highest BCUT2D eigenvalue weighted by atomic mass is 35.5. The summed E-state index contributed by atoms with van der Waals surface area (Å²) in [4.78, 5) is 13.0. The van der Waals surface area contributed by atoms with E-state index in [1.165, 1.54) is 0 Å². The number of carbonyl (C=O) groups excluding carboxylic acids is 1. The van der Waals surface area contributed by atoms with Crippen LogP contribution in [0, 0.1) is 0 Å². The van der Waals surface area contributed by atoms with E-state index >= 15 is 0 Å². The lowest BCUT2D eigenvalue weighted by Crippen LogP contribution is -2.08. The van der Waals surface area contributed by atoms with Crippen LogP contribution in [0.1, 0.15) is 10.8 Å². The van der Waals surface area contributed by atoms with Gasteiger partial charge in [0.15, 0.2) is 0 Å². The molecule has 2 aromatic carbocycles. The summed E-state index contributed by atoms with van der Waals surface area (Å²) >= 11 is 7.39. The number of fused-ring (bicyclic) bond motifs is 1. The third-order valence-electron chi connectivity index (χ3n) is 2.81. The van der Waals surface area contributed by atoms with Crippen LogP contribution in [-0.2, 0) is 4.79 Å². The van der Waals surface area contributed by atoms with Gasteiger partial charge in [-0.25, -0.2) is 0 Å². The molecule has 0 bridgehead atoms. The molecular formula is C14H10ClNOS. The van der Waals surface area contributed by atoms with Crippen molar-refractivity contribution in [3.63, 3.8) is 0 Å². The van der Waals surface area contributed by atoms with E-state index in [9.17, 15) is 4.79 Å². The topological polar surface area (TPSA) is 29.1 Å². The summed E-state index contributed by atoms with van der Waals surface area (Å²) in [7, 11) is 0. The molecular weight excluding hydrogens is 266 g/mol. The lowest BCUT2D eigenvalue weighted by Gasteiger charge is -2.08. The number of nitrogens with one attached hydrogen (secondary N) is 1. The van der Waals surface area contributed by atoms with E-state index in [1.54, 1.807) is 11.8 Å². The van der Waals surface area contributed by atoms with E-state index in [0.717, 1.165) is 16.1 Å². The van der Waals surface area contributed by atoms with Crippen molar-refractivity contribution in [1.29, 1.82) is 0 Å². The second-order valence-electron chi connectivity index (χ2n) is 4.03. The van der Waals surface area contributed by atoms with Crippen LogP contribution in [0.5, 0.6) is 0 Å². The smallest absolute Gasteiger partial charge is 0.242 e. The Morgan fingerprint density at radius 3 is 2.56 bits per heavy atom. The van der Waals surface area contributed by atoms with E-state index < -0.39 is 0 Å². The predicted molar refractivity (Wildman–Crippen MR) is 75.1 cm³/mol. The van der Waals surface area contributed by atoms with E-state index in [2.05, 4.69) is 5.32 Å². The van der Waals surface area contributed by atoms with Gasteiger partial charge in [0.2, 0.25) is 5.91 Å². The lowest BCUT2D eigenvalue weighted by atomic mass is 10.2. The van der Waals surface area contributed by atoms with Gasteiger partial charge in [0, 0.05) is 15.6 Å². The van der Waals surface area contributed by atoms with Crippen LogP contribution in [0.3, 0.4) is 0 Å². The number of hydrogen-bond acceptors (Lipinski definition) is 2. The molecule has 0 fully saturated rings. The van der Waals surface area contributed by atoms with Crippen molar-refractivity contribution < 1.29 is 4.79 Å². The fourth-order valence-electron chi connectivity index (χ4n) is 1.95. The molecule has 1 N–H and O–H groups in total. The zero-order valence-electron chi connectivity index (χ0n) is 9.39. The molecule has 2 nitrogen and oxygen atoms in total. The first kappa shape index (κ1) is 11.6. The van der Waals surface area contributed by atoms with Gasteiger partial charge >= 0.3 is 0 Å². The molecule has 0 unspecified atom stereocenters. The quantitative estimate of drug-likeness (QED) is 0.893. The molecule has 0 saturated carbocycles.